The number of anilines is 1. The highest BCUT2D eigenvalue weighted by Crippen LogP contribution is 2.31. The Bertz CT molecular complexity index is 553. The molecule has 0 unspecified atom stereocenters. The van der Waals surface area contributed by atoms with Crippen molar-refractivity contribution in [1.29, 1.82) is 0 Å². The van der Waals surface area contributed by atoms with Gasteiger partial charge in [-0.2, -0.15) is 0 Å². The van der Waals surface area contributed by atoms with E-state index in [4.69, 9.17) is 21.1 Å². The first-order chi connectivity index (χ1) is 10.2. The quantitative estimate of drug-likeness (QED) is 0.690. The van der Waals surface area contributed by atoms with E-state index in [1.807, 2.05) is 34.6 Å². The van der Waals surface area contributed by atoms with Gasteiger partial charge < -0.3 is 9.47 Å². The predicted molar refractivity (Wildman–Crippen MR) is 90.5 cm³/mol. The molecule has 0 bridgehead atoms. The lowest BCUT2D eigenvalue weighted by atomic mass is 9.88. The molecular formula is C17H24ClNO3. The van der Waals surface area contributed by atoms with E-state index in [1.165, 1.54) is 0 Å². The molecule has 0 saturated carbocycles. The number of hydrogen-bond acceptors (Lipinski definition) is 3. The van der Waals surface area contributed by atoms with Crippen LogP contribution in [0.3, 0.4) is 0 Å². The number of ether oxygens (including phenoxy) is 2. The fraction of sp³-hybridized carbons (Fsp3) is 0.471. The van der Waals surface area contributed by atoms with Crippen LogP contribution in [0, 0.1) is 5.41 Å². The smallest absolute Gasteiger partial charge is 0.416 e. The summed E-state index contributed by atoms with van der Waals surface area (Å²) in [5, 5.41) is 3.14. The van der Waals surface area contributed by atoms with Crippen molar-refractivity contribution < 1.29 is 14.3 Å². The van der Waals surface area contributed by atoms with Gasteiger partial charge in [-0.3, -0.25) is 5.32 Å². The number of rotatable bonds is 6. The summed E-state index contributed by atoms with van der Waals surface area (Å²) >= 11 is 6.06. The van der Waals surface area contributed by atoms with E-state index in [0.717, 1.165) is 6.42 Å². The molecule has 22 heavy (non-hydrogen) atoms. The van der Waals surface area contributed by atoms with Crippen LogP contribution in [0.25, 0.3) is 0 Å². The Morgan fingerprint density at radius 1 is 1.41 bits per heavy atom. The standard InChI is InChI=1S/C17H24ClNO3/c1-7-17(5,6)12(4)22-16(20)19-13-8-9-14(18)15(10-13)21-11(2)3/h8-11H,4,7H2,1-3,5-6H3,(H,19,20). The van der Waals surface area contributed by atoms with Crippen LogP contribution in [0.4, 0.5) is 10.5 Å². The third-order valence-electron chi connectivity index (χ3n) is 3.39. The molecule has 0 heterocycles. The first-order valence-electron chi connectivity index (χ1n) is 7.30. The maximum Gasteiger partial charge on any atom is 0.416 e. The van der Waals surface area contributed by atoms with Crippen LogP contribution in [-0.2, 0) is 4.74 Å². The van der Waals surface area contributed by atoms with Gasteiger partial charge >= 0.3 is 6.09 Å². The second kappa shape index (κ2) is 7.54. The maximum atomic E-state index is 11.9. The number of amides is 1. The van der Waals surface area contributed by atoms with E-state index >= 15 is 0 Å². The molecule has 5 heteroatoms. The Labute approximate surface area is 137 Å². The summed E-state index contributed by atoms with van der Waals surface area (Å²) in [5.41, 5.74) is 0.288. The number of halogens is 1. The van der Waals surface area contributed by atoms with Gasteiger partial charge in [-0.15, -0.1) is 0 Å². The molecule has 0 fully saturated rings. The topological polar surface area (TPSA) is 47.6 Å². The Balaban J connectivity index is 2.75. The fourth-order valence-corrected chi connectivity index (χ4v) is 1.68. The predicted octanol–water partition coefficient (Wildman–Crippen LogP) is 5.63. The minimum Gasteiger partial charge on any atom is -0.489 e. The Morgan fingerprint density at radius 2 is 2.05 bits per heavy atom. The lowest BCUT2D eigenvalue weighted by Crippen LogP contribution is -2.21. The third kappa shape index (κ3) is 5.26. The van der Waals surface area contributed by atoms with Crippen molar-refractivity contribution in [1.82, 2.24) is 0 Å². The number of benzene rings is 1. The van der Waals surface area contributed by atoms with Crippen LogP contribution in [0.5, 0.6) is 5.75 Å². The Hall–Kier alpha value is -1.68. The third-order valence-corrected chi connectivity index (χ3v) is 3.71. The number of hydrogen-bond donors (Lipinski definition) is 1. The number of carbonyl (C=O) groups excluding carboxylic acids is 1. The second-order valence-corrected chi connectivity index (χ2v) is 6.39. The summed E-state index contributed by atoms with van der Waals surface area (Å²) < 4.78 is 10.8. The molecule has 0 aromatic heterocycles. The number of allylic oxidation sites excluding steroid dienone is 1. The van der Waals surface area contributed by atoms with Gasteiger partial charge in [0.05, 0.1) is 11.1 Å². The van der Waals surface area contributed by atoms with E-state index in [9.17, 15) is 4.79 Å². The molecule has 0 aliphatic carbocycles. The van der Waals surface area contributed by atoms with E-state index in [0.29, 0.717) is 22.2 Å². The molecule has 1 amide bonds. The van der Waals surface area contributed by atoms with Gasteiger partial charge in [0.2, 0.25) is 0 Å². The summed E-state index contributed by atoms with van der Waals surface area (Å²) in [4.78, 5) is 11.9. The molecule has 1 aromatic carbocycles. The van der Waals surface area contributed by atoms with Crippen LogP contribution in [0.2, 0.25) is 5.02 Å². The molecule has 1 rings (SSSR count). The molecule has 0 aliphatic heterocycles. The largest absolute Gasteiger partial charge is 0.489 e. The van der Waals surface area contributed by atoms with Crippen molar-refractivity contribution in [2.75, 3.05) is 5.32 Å². The van der Waals surface area contributed by atoms with Crippen LogP contribution in [-0.4, -0.2) is 12.2 Å². The molecule has 4 nitrogen and oxygen atoms in total. The molecular weight excluding hydrogens is 302 g/mol. The SMILES string of the molecule is C=C(OC(=O)Nc1ccc(Cl)c(OC(C)C)c1)C(C)(C)CC. The summed E-state index contributed by atoms with van der Waals surface area (Å²) in [6, 6.07) is 5.02. The molecule has 1 N–H and O–H groups in total. The van der Waals surface area contributed by atoms with Crippen molar-refractivity contribution in [3.63, 3.8) is 0 Å². The molecule has 0 radical (unpaired) electrons. The van der Waals surface area contributed by atoms with E-state index in [-0.39, 0.29) is 11.5 Å². The van der Waals surface area contributed by atoms with E-state index in [1.54, 1.807) is 18.2 Å². The van der Waals surface area contributed by atoms with Gasteiger partial charge in [0.25, 0.3) is 0 Å². The summed E-state index contributed by atoms with van der Waals surface area (Å²) in [6.07, 6.45) is 0.237. The summed E-state index contributed by atoms with van der Waals surface area (Å²) in [7, 11) is 0. The van der Waals surface area contributed by atoms with Gasteiger partial charge in [-0.1, -0.05) is 39.0 Å². The Morgan fingerprint density at radius 3 is 2.59 bits per heavy atom. The minimum atomic E-state index is -0.579. The van der Waals surface area contributed by atoms with Crippen LogP contribution in [0.15, 0.2) is 30.5 Å². The van der Waals surface area contributed by atoms with E-state index in [2.05, 4.69) is 11.9 Å². The van der Waals surface area contributed by atoms with E-state index < -0.39 is 6.09 Å². The lowest BCUT2D eigenvalue weighted by molar-refractivity contribution is 0.163. The Kier molecular flexibility index (Phi) is 6.30. The maximum absolute atomic E-state index is 11.9. The van der Waals surface area contributed by atoms with Crippen molar-refractivity contribution in [3.05, 3.63) is 35.6 Å². The molecule has 0 spiro atoms. The highest BCUT2D eigenvalue weighted by atomic mass is 35.5. The van der Waals surface area contributed by atoms with Gasteiger partial charge in [-0.25, -0.2) is 4.79 Å². The van der Waals surface area contributed by atoms with Gasteiger partial charge in [0.1, 0.15) is 11.5 Å². The van der Waals surface area contributed by atoms with Crippen molar-refractivity contribution in [2.45, 2.75) is 47.1 Å². The highest BCUT2D eigenvalue weighted by Gasteiger charge is 2.23. The minimum absolute atomic E-state index is 0.00941. The number of carbonyl (C=O) groups is 1. The van der Waals surface area contributed by atoms with Crippen LogP contribution in [0.1, 0.15) is 41.0 Å². The van der Waals surface area contributed by atoms with Gasteiger partial charge in [-0.05, 0) is 32.4 Å². The van der Waals surface area contributed by atoms with Crippen molar-refractivity contribution >= 4 is 23.4 Å². The monoisotopic (exact) mass is 325 g/mol. The fourth-order valence-electron chi connectivity index (χ4n) is 1.52. The lowest BCUT2D eigenvalue weighted by Gasteiger charge is -2.24. The molecule has 0 saturated heterocycles. The zero-order valence-corrected chi connectivity index (χ0v) is 14.6. The first-order valence-corrected chi connectivity index (χ1v) is 7.68. The zero-order chi connectivity index (χ0) is 16.9. The number of nitrogens with one attached hydrogen (secondary N) is 1. The van der Waals surface area contributed by atoms with Crippen LogP contribution < -0.4 is 10.1 Å². The van der Waals surface area contributed by atoms with Crippen LogP contribution >= 0.6 is 11.6 Å². The summed E-state index contributed by atoms with van der Waals surface area (Å²) in [5.74, 6) is 0.947. The molecule has 1 aromatic rings. The van der Waals surface area contributed by atoms with Gasteiger partial charge in [0.15, 0.2) is 0 Å². The zero-order valence-electron chi connectivity index (χ0n) is 13.8. The molecule has 0 atom stereocenters. The first kappa shape index (κ1) is 18.4. The molecule has 0 aliphatic rings. The summed E-state index contributed by atoms with van der Waals surface area (Å²) in [6.45, 7) is 13.6. The average Bonchev–Trinajstić information content (AvgIpc) is 2.41. The molecule has 122 valence electrons. The average molecular weight is 326 g/mol. The second-order valence-electron chi connectivity index (χ2n) is 5.99. The highest BCUT2D eigenvalue weighted by molar-refractivity contribution is 6.32. The normalized spacial score (nSPS) is 11.2. The van der Waals surface area contributed by atoms with Crippen molar-refractivity contribution in [2.24, 2.45) is 5.41 Å². The van der Waals surface area contributed by atoms with Gasteiger partial charge in [0, 0.05) is 17.2 Å². The van der Waals surface area contributed by atoms with Crippen molar-refractivity contribution in [3.8, 4) is 5.75 Å².